The number of benzene rings is 1. The number of carbonyl (C=O) groups excluding carboxylic acids is 1. The average molecular weight is 261 g/mol. The van der Waals surface area contributed by atoms with Gasteiger partial charge in [-0.1, -0.05) is 13.0 Å². The molecule has 1 heterocycles. The molecule has 0 amide bonds. The van der Waals surface area contributed by atoms with Crippen LogP contribution in [-0.2, 0) is 21.5 Å². The third kappa shape index (κ3) is 2.70. The van der Waals surface area contributed by atoms with Crippen LogP contribution in [0.4, 0.5) is 0 Å². The molecule has 0 unspecified atom stereocenters. The highest BCUT2D eigenvalue weighted by Gasteiger charge is 2.34. The first-order chi connectivity index (χ1) is 9.25. The Balaban J connectivity index is 2.44. The van der Waals surface area contributed by atoms with E-state index in [0.29, 0.717) is 13.2 Å². The number of aryl methyl sites for hydroxylation is 1. The van der Waals surface area contributed by atoms with E-state index < -0.39 is 5.54 Å². The topological polar surface area (TPSA) is 47.9 Å². The lowest BCUT2D eigenvalue weighted by Gasteiger charge is -2.33. The van der Waals surface area contributed by atoms with Crippen LogP contribution in [0.15, 0.2) is 23.2 Å². The molecule has 1 saturated heterocycles. The van der Waals surface area contributed by atoms with Crippen molar-refractivity contribution >= 4 is 6.08 Å². The van der Waals surface area contributed by atoms with E-state index in [0.717, 1.165) is 36.1 Å². The van der Waals surface area contributed by atoms with Gasteiger partial charge in [0.25, 0.3) is 0 Å². The van der Waals surface area contributed by atoms with Crippen molar-refractivity contribution in [2.24, 2.45) is 4.99 Å². The number of rotatable bonds is 4. The first-order valence-electron chi connectivity index (χ1n) is 6.60. The summed E-state index contributed by atoms with van der Waals surface area (Å²) >= 11 is 0. The summed E-state index contributed by atoms with van der Waals surface area (Å²) in [6.07, 6.45) is 4.05. The smallest absolute Gasteiger partial charge is 0.235 e. The zero-order chi connectivity index (χ0) is 13.7. The van der Waals surface area contributed by atoms with Gasteiger partial charge < -0.3 is 9.47 Å². The van der Waals surface area contributed by atoms with Crippen molar-refractivity contribution in [2.45, 2.75) is 31.7 Å². The molecule has 1 aromatic rings. The fourth-order valence-corrected chi connectivity index (χ4v) is 2.61. The minimum absolute atomic E-state index is 0.476. The quantitative estimate of drug-likeness (QED) is 0.618. The van der Waals surface area contributed by atoms with E-state index in [4.69, 9.17) is 9.47 Å². The van der Waals surface area contributed by atoms with Gasteiger partial charge in [-0.25, -0.2) is 4.79 Å². The minimum Gasteiger partial charge on any atom is -0.496 e. The van der Waals surface area contributed by atoms with Gasteiger partial charge in [0.15, 0.2) is 0 Å². The highest BCUT2D eigenvalue weighted by atomic mass is 16.5. The Morgan fingerprint density at radius 3 is 2.74 bits per heavy atom. The van der Waals surface area contributed by atoms with Crippen LogP contribution in [0.1, 0.15) is 30.9 Å². The van der Waals surface area contributed by atoms with E-state index in [2.05, 4.69) is 18.0 Å². The summed E-state index contributed by atoms with van der Waals surface area (Å²) in [6.45, 7) is 3.33. The van der Waals surface area contributed by atoms with Gasteiger partial charge in [0.05, 0.1) is 7.11 Å². The molecule has 0 bridgehead atoms. The molecule has 1 aliphatic rings. The zero-order valence-corrected chi connectivity index (χ0v) is 11.4. The van der Waals surface area contributed by atoms with Crippen LogP contribution in [-0.4, -0.2) is 26.4 Å². The second-order valence-electron chi connectivity index (χ2n) is 4.73. The van der Waals surface area contributed by atoms with Gasteiger partial charge in [0, 0.05) is 26.1 Å². The number of nitrogens with zero attached hydrogens (tertiary/aromatic N) is 1. The van der Waals surface area contributed by atoms with Crippen LogP contribution in [0, 0.1) is 0 Å². The third-order valence-electron chi connectivity index (χ3n) is 3.78. The van der Waals surface area contributed by atoms with Gasteiger partial charge in [-0.15, -0.1) is 0 Å². The van der Waals surface area contributed by atoms with Crippen LogP contribution >= 0.6 is 0 Å². The number of ether oxygens (including phenoxy) is 2. The summed E-state index contributed by atoms with van der Waals surface area (Å²) in [6, 6.07) is 6.03. The molecular weight excluding hydrogens is 242 g/mol. The maximum Gasteiger partial charge on any atom is 0.235 e. The minimum atomic E-state index is -0.476. The van der Waals surface area contributed by atoms with Crippen molar-refractivity contribution in [3.05, 3.63) is 29.3 Å². The number of isocyanates is 1. The van der Waals surface area contributed by atoms with Gasteiger partial charge in [0.2, 0.25) is 6.08 Å². The Morgan fingerprint density at radius 2 is 2.16 bits per heavy atom. The normalized spacial score (nSPS) is 17.6. The Bertz CT molecular complexity index is 486. The van der Waals surface area contributed by atoms with E-state index in [-0.39, 0.29) is 0 Å². The molecule has 1 aromatic carbocycles. The van der Waals surface area contributed by atoms with Crippen LogP contribution in [0.25, 0.3) is 0 Å². The van der Waals surface area contributed by atoms with Crippen LogP contribution in [0.5, 0.6) is 5.75 Å². The van der Waals surface area contributed by atoms with Crippen molar-refractivity contribution in [1.82, 2.24) is 0 Å². The summed E-state index contributed by atoms with van der Waals surface area (Å²) in [5.41, 5.74) is 1.71. The summed E-state index contributed by atoms with van der Waals surface area (Å²) in [7, 11) is 1.67. The van der Waals surface area contributed by atoms with Crippen molar-refractivity contribution in [2.75, 3.05) is 20.3 Å². The molecule has 2 rings (SSSR count). The molecule has 1 fully saturated rings. The molecule has 0 saturated carbocycles. The standard InChI is InChI=1S/C15H19NO3/c1-3-12-10-13(4-5-14(12)18-2)15(16-11-17)6-8-19-9-7-15/h4-5,10H,3,6-9H2,1-2H3. The molecule has 4 heteroatoms. The van der Waals surface area contributed by atoms with Crippen LogP contribution < -0.4 is 4.74 Å². The first-order valence-corrected chi connectivity index (χ1v) is 6.60. The lowest BCUT2D eigenvalue weighted by atomic mass is 9.82. The van der Waals surface area contributed by atoms with Gasteiger partial charge in [-0.05, 0) is 29.7 Å². The molecule has 0 radical (unpaired) electrons. The lowest BCUT2D eigenvalue weighted by Crippen LogP contribution is -2.32. The Labute approximate surface area is 113 Å². The van der Waals surface area contributed by atoms with Crippen LogP contribution in [0.3, 0.4) is 0 Å². The fourth-order valence-electron chi connectivity index (χ4n) is 2.61. The van der Waals surface area contributed by atoms with E-state index in [1.54, 1.807) is 13.2 Å². The SMILES string of the molecule is CCc1cc(C2(N=C=O)CCOCC2)ccc1OC. The van der Waals surface area contributed by atoms with Crippen LogP contribution in [0.2, 0.25) is 0 Å². The maximum absolute atomic E-state index is 10.8. The zero-order valence-electron chi connectivity index (χ0n) is 11.4. The van der Waals surface area contributed by atoms with E-state index in [9.17, 15) is 4.79 Å². The van der Waals surface area contributed by atoms with E-state index in [1.807, 2.05) is 12.1 Å². The molecular formula is C15H19NO3. The van der Waals surface area contributed by atoms with Crippen molar-refractivity contribution in [3.8, 4) is 5.75 Å². The average Bonchev–Trinajstić information content (AvgIpc) is 2.47. The maximum atomic E-state index is 10.8. The third-order valence-corrected chi connectivity index (χ3v) is 3.78. The molecule has 0 atom stereocenters. The molecule has 0 aliphatic carbocycles. The number of hydrogen-bond acceptors (Lipinski definition) is 4. The molecule has 1 aliphatic heterocycles. The summed E-state index contributed by atoms with van der Waals surface area (Å²) in [4.78, 5) is 14.9. The summed E-state index contributed by atoms with van der Waals surface area (Å²) in [5.74, 6) is 0.878. The number of aliphatic imine (C=N–C) groups is 1. The molecule has 0 aromatic heterocycles. The van der Waals surface area contributed by atoms with Gasteiger partial charge in [-0.3, -0.25) is 0 Å². The highest BCUT2D eigenvalue weighted by Crippen LogP contribution is 2.37. The second kappa shape index (κ2) is 6.00. The summed E-state index contributed by atoms with van der Waals surface area (Å²) in [5, 5.41) is 0. The first kappa shape index (κ1) is 13.8. The second-order valence-corrected chi connectivity index (χ2v) is 4.73. The van der Waals surface area contributed by atoms with Crippen molar-refractivity contribution in [1.29, 1.82) is 0 Å². The molecule has 0 spiro atoms. The van der Waals surface area contributed by atoms with E-state index in [1.165, 1.54) is 0 Å². The molecule has 102 valence electrons. The largest absolute Gasteiger partial charge is 0.496 e. The number of methoxy groups -OCH3 is 1. The lowest BCUT2D eigenvalue weighted by molar-refractivity contribution is 0.0531. The Kier molecular flexibility index (Phi) is 4.35. The molecule has 4 nitrogen and oxygen atoms in total. The van der Waals surface area contributed by atoms with Gasteiger partial charge >= 0.3 is 0 Å². The fraction of sp³-hybridized carbons (Fsp3) is 0.533. The van der Waals surface area contributed by atoms with Gasteiger partial charge in [0.1, 0.15) is 11.3 Å². The Hall–Kier alpha value is -1.64. The summed E-state index contributed by atoms with van der Waals surface area (Å²) < 4.78 is 10.7. The Morgan fingerprint density at radius 1 is 1.42 bits per heavy atom. The number of hydrogen-bond donors (Lipinski definition) is 0. The molecule has 19 heavy (non-hydrogen) atoms. The molecule has 0 N–H and O–H groups in total. The predicted molar refractivity (Wildman–Crippen MR) is 72.2 cm³/mol. The van der Waals surface area contributed by atoms with Crippen molar-refractivity contribution in [3.63, 3.8) is 0 Å². The van der Waals surface area contributed by atoms with Gasteiger partial charge in [-0.2, -0.15) is 4.99 Å². The van der Waals surface area contributed by atoms with Crippen molar-refractivity contribution < 1.29 is 14.3 Å². The predicted octanol–water partition coefficient (Wildman–Crippen LogP) is 2.60. The highest BCUT2D eigenvalue weighted by molar-refractivity contribution is 5.43. The van der Waals surface area contributed by atoms with E-state index >= 15 is 0 Å². The monoisotopic (exact) mass is 261 g/mol.